The van der Waals surface area contributed by atoms with Crippen LogP contribution in [0.3, 0.4) is 0 Å². The molecule has 17 heavy (non-hydrogen) atoms. The average molecular weight is 248 g/mol. The highest BCUT2D eigenvalue weighted by molar-refractivity contribution is 6.33. The van der Waals surface area contributed by atoms with Crippen LogP contribution < -0.4 is 11.1 Å². The molecule has 0 spiro atoms. The van der Waals surface area contributed by atoms with E-state index in [9.17, 15) is 4.79 Å². The molecule has 1 aromatic heterocycles. The molecule has 0 bridgehead atoms. The number of amides is 1. The first-order chi connectivity index (χ1) is 8.16. The maximum absolute atomic E-state index is 11.9. The first-order valence-corrected chi connectivity index (χ1v) is 5.32. The van der Waals surface area contributed by atoms with E-state index < -0.39 is 0 Å². The van der Waals surface area contributed by atoms with Crippen LogP contribution in [0.1, 0.15) is 10.4 Å². The van der Waals surface area contributed by atoms with E-state index in [1.165, 1.54) is 0 Å². The Morgan fingerprint density at radius 2 is 2.12 bits per heavy atom. The summed E-state index contributed by atoms with van der Waals surface area (Å²) >= 11 is 5.89. The minimum atomic E-state index is -0.294. The third-order valence-electron chi connectivity index (χ3n) is 2.14. The van der Waals surface area contributed by atoms with Gasteiger partial charge < -0.3 is 11.1 Å². The van der Waals surface area contributed by atoms with Crippen molar-refractivity contribution in [2.45, 2.75) is 0 Å². The van der Waals surface area contributed by atoms with Crippen LogP contribution in [-0.2, 0) is 0 Å². The average Bonchev–Trinajstić information content (AvgIpc) is 2.32. The van der Waals surface area contributed by atoms with Crippen LogP contribution in [0.25, 0.3) is 0 Å². The number of nitrogens with zero attached hydrogens (tertiary/aromatic N) is 1. The van der Waals surface area contributed by atoms with Gasteiger partial charge in [-0.1, -0.05) is 17.7 Å². The second-order valence-electron chi connectivity index (χ2n) is 3.41. The molecule has 2 rings (SSSR count). The summed E-state index contributed by atoms with van der Waals surface area (Å²) in [7, 11) is 0. The smallest absolute Gasteiger partial charge is 0.256 e. The summed E-state index contributed by atoms with van der Waals surface area (Å²) in [5.41, 5.74) is 6.59. The van der Waals surface area contributed by atoms with Crippen molar-refractivity contribution in [2.24, 2.45) is 0 Å². The maximum atomic E-state index is 11.9. The lowest BCUT2D eigenvalue weighted by atomic mass is 10.2. The lowest BCUT2D eigenvalue weighted by Gasteiger charge is -2.06. The van der Waals surface area contributed by atoms with Gasteiger partial charge in [-0.05, 0) is 30.3 Å². The lowest BCUT2D eigenvalue weighted by molar-refractivity contribution is 0.102. The second kappa shape index (κ2) is 4.84. The van der Waals surface area contributed by atoms with Gasteiger partial charge in [0, 0.05) is 17.4 Å². The first kappa shape index (κ1) is 11.4. The van der Waals surface area contributed by atoms with Crippen molar-refractivity contribution in [2.75, 3.05) is 11.1 Å². The minimum absolute atomic E-state index is 0.294. The Hall–Kier alpha value is -2.07. The van der Waals surface area contributed by atoms with Gasteiger partial charge >= 0.3 is 0 Å². The number of anilines is 2. The number of halogens is 1. The second-order valence-corrected chi connectivity index (χ2v) is 3.82. The van der Waals surface area contributed by atoms with Crippen molar-refractivity contribution in [3.8, 4) is 0 Å². The molecule has 0 atom stereocenters. The van der Waals surface area contributed by atoms with Crippen LogP contribution in [0.5, 0.6) is 0 Å². The van der Waals surface area contributed by atoms with E-state index in [4.69, 9.17) is 17.3 Å². The lowest BCUT2D eigenvalue weighted by Crippen LogP contribution is -2.13. The number of hydrogen-bond acceptors (Lipinski definition) is 3. The third-order valence-corrected chi connectivity index (χ3v) is 2.44. The summed E-state index contributed by atoms with van der Waals surface area (Å²) in [5, 5.41) is 3.01. The molecule has 86 valence electrons. The minimum Gasteiger partial charge on any atom is -0.399 e. The van der Waals surface area contributed by atoms with E-state index in [0.29, 0.717) is 22.1 Å². The van der Waals surface area contributed by atoms with Crippen molar-refractivity contribution in [3.05, 3.63) is 53.2 Å². The Morgan fingerprint density at radius 3 is 2.82 bits per heavy atom. The molecule has 0 saturated carbocycles. The van der Waals surface area contributed by atoms with E-state index >= 15 is 0 Å². The number of nitrogens with two attached hydrogens (primary N) is 1. The van der Waals surface area contributed by atoms with Crippen LogP contribution in [0, 0.1) is 0 Å². The quantitative estimate of drug-likeness (QED) is 0.802. The highest BCUT2D eigenvalue weighted by Crippen LogP contribution is 2.18. The monoisotopic (exact) mass is 247 g/mol. The zero-order valence-electron chi connectivity index (χ0n) is 8.85. The Labute approximate surface area is 103 Å². The summed E-state index contributed by atoms with van der Waals surface area (Å²) in [6.07, 6.45) is 1.56. The van der Waals surface area contributed by atoms with Gasteiger partial charge in [-0.15, -0.1) is 0 Å². The Kier molecular flexibility index (Phi) is 3.25. The van der Waals surface area contributed by atoms with Crippen molar-refractivity contribution in [1.29, 1.82) is 0 Å². The fraction of sp³-hybridized carbons (Fsp3) is 0. The maximum Gasteiger partial charge on any atom is 0.256 e. The molecule has 0 unspecified atom stereocenters. The summed E-state index contributed by atoms with van der Waals surface area (Å²) in [6.45, 7) is 0. The molecule has 1 aromatic carbocycles. The molecule has 1 amide bonds. The molecular formula is C12H10ClN3O. The van der Waals surface area contributed by atoms with Crippen LogP contribution in [0.15, 0.2) is 42.6 Å². The molecule has 0 fully saturated rings. The predicted octanol–water partition coefficient (Wildman–Crippen LogP) is 2.57. The van der Waals surface area contributed by atoms with E-state index in [2.05, 4.69) is 10.3 Å². The summed E-state index contributed by atoms with van der Waals surface area (Å²) < 4.78 is 0. The Morgan fingerprint density at radius 1 is 1.29 bits per heavy atom. The Bertz CT molecular complexity index is 557. The third kappa shape index (κ3) is 2.73. The van der Waals surface area contributed by atoms with Crippen molar-refractivity contribution in [3.63, 3.8) is 0 Å². The largest absolute Gasteiger partial charge is 0.399 e. The van der Waals surface area contributed by atoms with Gasteiger partial charge in [0.2, 0.25) is 0 Å². The summed E-state index contributed by atoms with van der Waals surface area (Å²) in [6, 6.07) is 10.0. The van der Waals surface area contributed by atoms with Gasteiger partial charge in [0.05, 0.1) is 5.02 Å². The van der Waals surface area contributed by atoms with Gasteiger partial charge in [-0.25, -0.2) is 4.98 Å². The van der Waals surface area contributed by atoms with Gasteiger partial charge in [0.1, 0.15) is 0 Å². The summed E-state index contributed by atoms with van der Waals surface area (Å²) in [4.78, 5) is 15.8. The number of carbonyl (C=O) groups is 1. The highest BCUT2D eigenvalue weighted by Gasteiger charge is 2.08. The van der Waals surface area contributed by atoms with Crippen LogP contribution >= 0.6 is 11.6 Å². The van der Waals surface area contributed by atoms with Crippen LogP contribution in [0.2, 0.25) is 5.02 Å². The molecule has 0 aliphatic carbocycles. The molecule has 1 heterocycles. The van der Waals surface area contributed by atoms with E-state index in [-0.39, 0.29) is 5.91 Å². The van der Waals surface area contributed by atoms with E-state index in [0.717, 1.165) is 0 Å². The molecule has 5 heteroatoms. The van der Waals surface area contributed by atoms with Gasteiger partial charge in [0.25, 0.3) is 5.91 Å². The number of pyridine rings is 1. The van der Waals surface area contributed by atoms with E-state index in [1.807, 2.05) is 0 Å². The summed E-state index contributed by atoms with van der Waals surface area (Å²) in [5.74, 6) is 0.0412. The molecule has 0 aliphatic heterocycles. The molecule has 4 nitrogen and oxygen atoms in total. The number of carbonyl (C=O) groups excluding carboxylic acids is 1. The van der Waals surface area contributed by atoms with Gasteiger partial charge in [-0.2, -0.15) is 0 Å². The zero-order chi connectivity index (χ0) is 12.3. The fourth-order valence-corrected chi connectivity index (χ4v) is 1.51. The van der Waals surface area contributed by atoms with Gasteiger partial charge in [-0.3, -0.25) is 4.79 Å². The highest BCUT2D eigenvalue weighted by atomic mass is 35.5. The number of nitrogens with one attached hydrogen (secondary N) is 1. The SMILES string of the molecule is Nc1cccc(C(=O)Nc2ncccc2Cl)c1. The number of aromatic nitrogens is 1. The topological polar surface area (TPSA) is 68.0 Å². The van der Waals surface area contributed by atoms with Gasteiger partial charge in [0.15, 0.2) is 5.82 Å². The van der Waals surface area contributed by atoms with Crippen molar-refractivity contribution < 1.29 is 4.79 Å². The van der Waals surface area contributed by atoms with Crippen molar-refractivity contribution >= 4 is 29.0 Å². The molecule has 0 radical (unpaired) electrons. The number of nitrogen functional groups attached to an aromatic ring is 1. The van der Waals surface area contributed by atoms with E-state index in [1.54, 1.807) is 42.6 Å². The fourth-order valence-electron chi connectivity index (χ4n) is 1.34. The first-order valence-electron chi connectivity index (χ1n) is 4.94. The predicted molar refractivity (Wildman–Crippen MR) is 68.1 cm³/mol. The Balaban J connectivity index is 2.20. The molecule has 2 aromatic rings. The normalized spacial score (nSPS) is 9.94. The molecular weight excluding hydrogens is 238 g/mol. The standard InChI is InChI=1S/C12H10ClN3O/c13-10-5-2-6-15-11(10)16-12(17)8-3-1-4-9(14)7-8/h1-7H,14H2,(H,15,16,17). The zero-order valence-corrected chi connectivity index (χ0v) is 9.61. The van der Waals surface area contributed by atoms with Crippen LogP contribution in [0.4, 0.5) is 11.5 Å². The number of benzene rings is 1. The van der Waals surface area contributed by atoms with Crippen molar-refractivity contribution in [1.82, 2.24) is 4.98 Å². The molecule has 0 saturated heterocycles. The number of rotatable bonds is 2. The molecule has 3 N–H and O–H groups in total. The molecule has 0 aliphatic rings. The van der Waals surface area contributed by atoms with Crippen LogP contribution in [-0.4, -0.2) is 10.9 Å². The number of hydrogen-bond donors (Lipinski definition) is 2.